The van der Waals surface area contributed by atoms with Crippen LogP contribution in [0.5, 0.6) is 0 Å². The molecular weight excluding hydrogens is 356 g/mol. The van der Waals surface area contributed by atoms with Crippen molar-refractivity contribution in [1.82, 2.24) is 19.9 Å². The number of fused-ring (bicyclic) bond motifs is 1. The van der Waals surface area contributed by atoms with Gasteiger partial charge in [0.25, 0.3) is 0 Å². The SMILES string of the molecule is CNCCCNc1cc(-c2ccccc2N)nc2c(Br)cnn12. The zero-order valence-electron chi connectivity index (χ0n) is 12.9. The predicted molar refractivity (Wildman–Crippen MR) is 97.6 cm³/mol. The Balaban J connectivity index is 2.02. The highest BCUT2D eigenvalue weighted by atomic mass is 79.9. The first kappa shape index (κ1) is 15.8. The molecule has 0 unspecified atom stereocenters. The molecule has 0 saturated heterocycles. The highest BCUT2D eigenvalue weighted by Crippen LogP contribution is 2.28. The Morgan fingerprint density at radius 2 is 2.09 bits per heavy atom. The van der Waals surface area contributed by atoms with E-state index in [-0.39, 0.29) is 0 Å². The number of nitrogens with zero attached hydrogens (tertiary/aromatic N) is 3. The second-order valence-corrected chi connectivity index (χ2v) is 6.08. The van der Waals surface area contributed by atoms with Crippen LogP contribution < -0.4 is 16.4 Å². The van der Waals surface area contributed by atoms with E-state index in [9.17, 15) is 0 Å². The molecule has 0 fully saturated rings. The summed E-state index contributed by atoms with van der Waals surface area (Å²) < 4.78 is 2.65. The Labute approximate surface area is 143 Å². The average molecular weight is 375 g/mol. The van der Waals surface area contributed by atoms with Gasteiger partial charge < -0.3 is 16.4 Å². The Morgan fingerprint density at radius 1 is 1.26 bits per heavy atom. The Morgan fingerprint density at radius 3 is 2.87 bits per heavy atom. The van der Waals surface area contributed by atoms with Gasteiger partial charge in [-0.25, -0.2) is 4.98 Å². The minimum atomic E-state index is 0.709. The highest BCUT2D eigenvalue weighted by molar-refractivity contribution is 9.10. The van der Waals surface area contributed by atoms with Gasteiger partial charge in [-0.05, 0) is 42.0 Å². The summed E-state index contributed by atoms with van der Waals surface area (Å²) in [6.45, 7) is 1.81. The number of anilines is 2. The van der Waals surface area contributed by atoms with Crippen LogP contribution in [0, 0.1) is 0 Å². The second kappa shape index (κ2) is 6.97. The van der Waals surface area contributed by atoms with Gasteiger partial charge in [-0.2, -0.15) is 9.61 Å². The molecule has 0 aliphatic heterocycles. The van der Waals surface area contributed by atoms with Gasteiger partial charge in [0.2, 0.25) is 0 Å². The molecule has 1 aromatic carbocycles. The number of nitrogen functional groups attached to an aromatic ring is 1. The molecule has 0 bridgehead atoms. The summed E-state index contributed by atoms with van der Waals surface area (Å²) in [7, 11) is 1.95. The fourth-order valence-corrected chi connectivity index (χ4v) is 2.76. The number of para-hydroxylation sites is 1. The molecule has 0 aliphatic rings. The maximum Gasteiger partial charge on any atom is 0.172 e. The number of hydrogen-bond acceptors (Lipinski definition) is 5. The molecule has 0 spiro atoms. The quantitative estimate of drug-likeness (QED) is 0.456. The van der Waals surface area contributed by atoms with Gasteiger partial charge in [0.05, 0.1) is 16.4 Å². The first-order chi connectivity index (χ1) is 11.2. The number of hydrogen-bond donors (Lipinski definition) is 3. The number of nitrogens with two attached hydrogens (primary N) is 1. The van der Waals surface area contributed by atoms with Crippen LogP contribution in [0.2, 0.25) is 0 Å². The molecule has 4 N–H and O–H groups in total. The minimum Gasteiger partial charge on any atom is -0.398 e. The van der Waals surface area contributed by atoms with E-state index in [1.54, 1.807) is 10.7 Å². The second-order valence-electron chi connectivity index (χ2n) is 5.23. The molecule has 0 aliphatic carbocycles. The summed E-state index contributed by atoms with van der Waals surface area (Å²) in [5.41, 5.74) is 9.32. The summed E-state index contributed by atoms with van der Waals surface area (Å²) in [6, 6.07) is 9.72. The van der Waals surface area contributed by atoms with Crippen molar-refractivity contribution in [3.63, 3.8) is 0 Å². The molecule has 2 aromatic heterocycles. The topological polar surface area (TPSA) is 80.3 Å². The summed E-state index contributed by atoms with van der Waals surface area (Å²) in [5.74, 6) is 0.898. The number of aromatic nitrogens is 3. The number of nitrogens with one attached hydrogen (secondary N) is 2. The lowest BCUT2D eigenvalue weighted by molar-refractivity contribution is 0.744. The van der Waals surface area contributed by atoms with Crippen LogP contribution in [0.15, 0.2) is 41.0 Å². The summed E-state index contributed by atoms with van der Waals surface area (Å²) in [6.07, 6.45) is 2.77. The summed E-state index contributed by atoms with van der Waals surface area (Å²) in [5, 5.41) is 10.9. The highest BCUT2D eigenvalue weighted by Gasteiger charge is 2.12. The van der Waals surface area contributed by atoms with Gasteiger partial charge in [0, 0.05) is 23.9 Å². The van der Waals surface area contributed by atoms with E-state index in [1.165, 1.54) is 0 Å². The van der Waals surface area contributed by atoms with Crippen molar-refractivity contribution in [2.75, 3.05) is 31.2 Å². The lowest BCUT2D eigenvalue weighted by Crippen LogP contribution is -2.14. The molecule has 23 heavy (non-hydrogen) atoms. The Bertz CT molecular complexity index is 813. The van der Waals surface area contributed by atoms with Crippen molar-refractivity contribution in [2.24, 2.45) is 0 Å². The van der Waals surface area contributed by atoms with Crippen LogP contribution in [0.4, 0.5) is 11.5 Å². The molecular formula is C16H19BrN6. The number of rotatable bonds is 6. The monoisotopic (exact) mass is 374 g/mol. The van der Waals surface area contributed by atoms with Crippen molar-refractivity contribution >= 4 is 33.1 Å². The zero-order valence-corrected chi connectivity index (χ0v) is 14.5. The Hall–Kier alpha value is -2.12. The van der Waals surface area contributed by atoms with Gasteiger partial charge in [0.1, 0.15) is 5.82 Å². The minimum absolute atomic E-state index is 0.709. The average Bonchev–Trinajstić information content (AvgIpc) is 2.93. The summed E-state index contributed by atoms with van der Waals surface area (Å²) in [4.78, 5) is 4.69. The fraction of sp³-hybridized carbons (Fsp3) is 0.250. The first-order valence-corrected chi connectivity index (χ1v) is 8.27. The van der Waals surface area contributed by atoms with Gasteiger partial charge in [-0.3, -0.25) is 0 Å². The van der Waals surface area contributed by atoms with Crippen LogP contribution in [-0.2, 0) is 0 Å². The molecule has 3 aromatic rings. The standard InChI is InChI=1S/C16H19BrN6/c1-19-7-4-8-20-15-9-14(11-5-2-3-6-13(11)18)22-16-12(17)10-21-23(15)16/h2-3,5-6,9-10,19-20H,4,7-8,18H2,1H3. The van der Waals surface area contributed by atoms with Gasteiger partial charge in [-0.1, -0.05) is 18.2 Å². The Kier molecular flexibility index (Phi) is 4.78. The molecule has 6 nitrogen and oxygen atoms in total. The van der Waals surface area contributed by atoms with Crippen LogP contribution in [0.25, 0.3) is 16.9 Å². The van der Waals surface area contributed by atoms with Crippen molar-refractivity contribution < 1.29 is 0 Å². The van der Waals surface area contributed by atoms with Crippen molar-refractivity contribution in [1.29, 1.82) is 0 Å². The van der Waals surface area contributed by atoms with E-state index in [0.29, 0.717) is 5.69 Å². The molecule has 7 heteroatoms. The van der Waals surface area contributed by atoms with Gasteiger partial charge in [-0.15, -0.1) is 0 Å². The lowest BCUT2D eigenvalue weighted by Gasteiger charge is -2.11. The van der Waals surface area contributed by atoms with Crippen LogP contribution >= 0.6 is 15.9 Å². The van der Waals surface area contributed by atoms with E-state index in [0.717, 1.165) is 46.7 Å². The third-order valence-electron chi connectivity index (χ3n) is 3.58. The molecule has 0 amide bonds. The van der Waals surface area contributed by atoms with E-state index >= 15 is 0 Å². The molecule has 0 saturated carbocycles. The molecule has 2 heterocycles. The normalized spacial score (nSPS) is 11.0. The molecule has 120 valence electrons. The van der Waals surface area contributed by atoms with E-state index in [2.05, 4.69) is 31.7 Å². The van der Waals surface area contributed by atoms with Crippen LogP contribution in [0.1, 0.15) is 6.42 Å². The van der Waals surface area contributed by atoms with Crippen LogP contribution in [0.3, 0.4) is 0 Å². The zero-order chi connectivity index (χ0) is 16.2. The first-order valence-electron chi connectivity index (χ1n) is 7.48. The van der Waals surface area contributed by atoms with E-state index in [4.69, 9.17) is 10.7 Å². The maximum atomic E-state index is 6.10. The number of benzene rings is 1. The van der Waals surface area contributed by atoms with Crippen molar-refractivity contribution in [2.45, 2.75) is 6.42 Å². The third-order valence-corrected chi connectivity index (χ3v) is 4.13. The van der Waals surface area contributed by atoms with Crippen LogP contribution in [-0.4, -0.2) is 34.7 Å². The largest absolute Gasteiger partial charge is 0.398 e. The van der Waals surface area contributed by atoms with Gasteiger partial charge >= 0.3 is 0 Å². The fourth-order valence-electron chi connectivity index (χ4n) is 2.41. The molecule has 0 atom stereocenters. The smallest absolute Gasteiger partial charge is 0.172 e. The molecule has 0 radical (unpaired) electrons. The van der Waals surface area contributed by atoms with E-state index < -0.39 is 0 Å². The lowest BCUT2D eigenvalue weighted by atomic mass is 10.1. The van der Waals surface area contributed by atoms with E-state index in [1.807, 2.05) is 37.4 Å². The van der Waals surface area contributed by atoms with Crippen molar-refractivity contribution in [3.8, 4) is 11.3 Å². The summed E-state index contributed by atoms with van der Waals surface area (Å²) >= 11 is 3.50. The maximum absolute atomic E-state index is 6.10. The van der Waals surface area contributed by atoms with Crippen molar-refractivity contribution in [3.05, 3.63) is 41.0 Å². The predicted octanol–water partition coefficient (Wildman–Crippen LogP) is 2.76. The van der Waals surface area contributed by atoms with Gasteiger partial charge in [0.15, 0.2) is 5.65 Å². The number of halogens is 1. The third kappa shape index (κ3) is 3.30. The molecule has 3 rings (SSSR count).